The number of carbonyl (C=O) groups excluding carboxylic acids is 2. The molecule has 0 radical (unpaired) electrons. The maximum atomic E-state index is 12.6. The minimum atomic E-state index is -0.472. The fourth-order valence-corrected chi connectivity index (χ4v) is 2.70. The van der Waals surface area contributed by atoms with Gasteiger partial charge >= 0.3 is 5.97 Å². The first-order valence-corrected chi connectivity index (χ1v) is 8.82. The topological polar surface area (TPSA) is 80.3 Å². The monoisotopic (exact) mass is 395 g/mol. The molecule has 142 valence electrons. The molecule has 0 spiro atoms. The summed E-state index contributed by atoms with van der Waals surface area (Å²) in [5.74, 6) is -0.819. The Hall–Kier alpha value is -3.38. The Labute approximate surface area is 167 Å². The van der Waals surface area contributed by atoms with Crippen molar-refractivity contribution in [1.29, 1.82) is 0 Å². The van der Waals surface area contributed by atoms with Gasteiger partial charge in [0.2, 0.25) is 0 Å². The highest BCUT2D eigenvalue weighted by molar-refractivity contribution is 6.31. The Balaban J connectivity index is 1.75. The Morgan fingerprint density at radius 2 is 1.75 bits per heavy atom. The largest absolute Gasteiger partial charge is 0.465 e. The van der Waals surface area contributed by atoms with E-state index in [0.717, 1.165) is 11.3 Å². The van der Waals surface area contributed by atoms with Crippen molar-refractivity contribution in [1.82, 2.24) is 4.98 Å². The summed E-state index contributed by atoms with van der Waals surface area (Å²) in [7, 11) is 1.30. The van der Waals surface area contributed by atoms with Crippen LogP contribution in [0.4, 0.5) is 17.1 Å². The van der Waals surface area contributed by atoms with Gasteiger partial charge in [0, 0.05) is 22.6 Å². The van der Waals surface area contributed by atoms with Crippen LogP contribution in [0.5, 0.6) is 0 Å². The fourth-order valence-electron chi connectivity index (χ4n) is 2.51. The van der Waals surface area contributed by atoms with Crippen molar-refractivity contribution in [3.8, 4) is 0 Å². The molecule has 0 aliphatic heterocycles. The van der Waals surface area contributed by atoms with E-state index in [9.17, 15) is 9.59 Å². The average molecular weight is 396 g/mol. The number of ether oxygens (including phenoxy) is 1. The summed E-state index contributed by atoms with van der Waals surface area (Å²) < 4.78 is 4.69. The van der Waals surface area contributed by atoms with Crippen LogP contribution >= 0.6 is 11.6 Å². The van der Waals surface area contributed by atoms with E-state index in [-0.39, 0.29) is 5.91 Å². The molecule has 1 heterocycles. The zero-order valence-electron chi connectivity index (χ0n) is 15.3. The zero-order valence-corrected chi connectivity index (χ0v) is 16.1. The molecular weight excluding hydrogens is 378 g/mol. The molecule has 1 aromatic heterocycles. The van der Waals surface area contributed by atoms with Crippen LogP contribution in [0.2, 0.25) is 5.02 Å². The zero-order chi connectivity index (χ0) is 20.1. The molecule has 0 saturated carbocycles. The van der Waals surface area contributed by atoms with Gasteiger partial charge in [-0.15, -0.1) is 0 Å². The van der Waals surface area contributed by atoms with Crippen LogP contribution in [0.1, 0.15) is 26.3 Å². The van der Waals surface area contributed by atoms with Crippen molar-refractivity contribution in [2.24, 2.45) is 0 Å². The third-order valence-corrected chi connectivity index (χ3v) is 4.41. The molecule has 0 aliphatic carbocycles. The number of carbonyl (C=O) groups is 2. The van der Waals surface area contributed by atoms with Gasteiger partial charge in [-0.05, 0) is 48.9 Å². The lowest BCUT2D eigenvalue weighted by atomic mass is 10.2. The Kier molecular flexibility index (Phi) is 5.91. The molecule has 2 N–H and O–H groups in total. The van der Waals surface area contributed by atoms with E-state index in [1.54, 1.807) is 36.5 Å². The van der Waals surface area contributed by atoms with Gasteiger partial charge in [0.05, 0.1) is 30.1 Å². The van der Waals surface area contributed by atoms with E-state index in [4.69, 9.17) is 11.6 Å². The Bertz CT molecular complexity index is 1040. The quantitative estimate of drug-likeness (QED) is 0.605. The summed E-state index contributed by atoms with van der Waals surface area (Å²) in [6.45, 7) is 1.92. The molecule has 1 amide bonds. The predicted octanol–water partition coefficient (Wildman–Crippen LogP) is 4.83. The molecule has 0 bridgehead atoms. The number of rotatable bonds is 5. The number of aryl methyl sites for hydroxylation is 1. The molecule has 2 aromatic carbocycles. The molecule has 0 fully saturated rings. The molecule has 7 heteroatoms. The number of amides is 1. The van der Waals surface area contributed by atoms with Crippen LogP contribution in [0.25, 0.3) is 0 Å². The summed E-state index contributed by atoms with van der Waals surface area (Å²) in [5.41, 5.74) is 3.62. The van der Waals surface area contributed by atoms with Gasteiger partial charge in [-0.25, -0.2) is 4.79 Å². The third kappa shape index (κ3) is 4.66. The standard InChI is InChI=1S/C21H18ClN3O3/c1-13-6-7-17(10-19(13)22)24-18-9-15(11-23-12-18)20(26)25-16-5-3-4-14(8-16)21(27)28-2/h3-12,24H,1-2H3,(H,25,26). The van der Waals surface area contributed by atoms with Gasteiger partial charge < -0.3 is 15.4 Å². The number of hydrogen-bond donors (Lipinski definition) is 2. The number of nitrogens with one attached hydrogen (secondary N) is 2. The lowest BCUT2D eigenvalue weighted by Gasteiger charge is -2.10. The van der Waals surface area contributed by atoms with E-state index < -0.39 is 5.97 Å². The molecule has 0 aliphatic rings. The summed E-state index contributed by atoms with van der Waals surface area (Å²) in [6.07, 6.45) is 3.08. The van der Waals surface area contributed by atoms with Crippen LogP contribution in [-0.4, -0.2) is 24.0 Å². The maximum absolute atomic E-state index is 12.6. The molecule has 28 heavy (non-hydrogen) atoms. The summed E-state index contributed by atoms with van der Waals surface area (Å²) in [4.78, 5) is 28.3. The SMILES string of the molecule is COC(=O)c1cccc(NC(=O)c2cncc(Nc3ccc(C)c(Cl)c3)c2)c1. The van der Waals surface area contributed by atoms with E-state index in [0.29, 0.717) is 27.5 Å². The van der Waals surface area contributed by atoms with E-state index in [1.165, 1.54) is 13.3 Å². The number of esters is 1. The van der Waals surface area contributed by atoms with E-state index in [2.05, 4.69) is 20.4 Å². The van der Waals surface area contributed by atoms with Crippen molar-refractivity contribution in [3.05, 3.63) is 82.6 Å². The van der Waals surface area contributed by atoms with Crippen molar-refractivity contribution < 1.29 is 14.3 Å². The first kappa shape index (κ1) is 19.4. The van der Waals surface area contributed by atoms with Gasteiger partial charge in [0.1, 0.15) is 0 Å². The lowest BCUT2D eigenvalue weighted by Crippen LogP contribution is -2.13. The van der Waals surface area contributed by atoms with Crippen molar-refractivity contribution in [2.45, 2.75) is 6.92 Å². The first-order chi connectivity index (χ1) is 13.5. The van der Waals surface area contributed by atoms with Gasteiger partial charge in [0.25, 0.3) is 5.91 Å². The van der Waals surface area contributed by atoms with Crippen molar-refractivity contribution in [2.75, 3.05) is 17.7 Å². The average Bonchev–Trinajstić information content (AvgIpc) is 2.70. The first-order valence-electron chi connectivity index (χ1n) is 8.44. The summed E-state index contributed by atoms with van der Waals surface area (Å²) in [6, 6.07) is 13.8. The number of halogens is 1. The normalized spacial score (nSPS) is 10.2. The molecule has 6 nitrogen and oxygen atoms in total. The second-order valence-electron chi connectivity index (χ2n) is 6.08. The van der Waals surface area contributed by atoms with Gasteiger partial charge in [0.15, 0.2) is 0 Å². The maximum Gasteiger partial charge on any atom is 0.337 e. The second kappa shape index (κ2) is 8.54. The highest BCUT2D eigenvalue weighted by Gasteiger charge is 2.11. The molecule has 3 aromatic rings. The van der Waals surface area contributed by atoms with Gasteiger partial charge in [-0.2, -0.15) is 0 Å². The number of hydrogen-bond acceptors (Lipinski definition) is 5. The van der Waals surface area contributed by atoms with Crippen LogP contribution in [0.15, 0.2) is 60.9 Å². The van der Waals surface area contributed by atoms with Crippen LogP contribution in [0.3, 0.4) is 0 Å². The van der Waals surface area contributed by atoms with Crippen molar-refractivity contribution >= 4 is 40.5 Å². The smallest absolute Gasteiger partial charge is 0.337 e. The lowest BCUT2D eigenvalue weighted by molar-refractivity contribution is 0.0600. The molecular formula is C21H18ClN3O3. The van der Waals surface area contributed by atoms with Crippen molar-refractivity contribution in [3.63, 3.8) is 0 Å². The number of benzene rings is 2. The summed E-state index contributed by atoms with van der Waals surface area (Å²) >= 11 is 6.14. The van der Waals surface area contributed by atoms with Crippen LogP contribution in [-0.2, 0) is 4.74 Å². The molecule has 0 unspecified atom stereocenters. The third-order valence-electron chi connectivity index (χ3n) is 4.00. The number of anilines is 3. The second-order valence-corrected chi connectivity index (χ2v) is 6.48. The summed E-state index contributed by atoms with van der Waals surface area (Å²) in [5, 5.41) is 6.57. The minimum absolute atomic E-state index is 0.347. The highest BCUT2D eigenvalue weighted by Crippen LogP contribution is 2.23. The number of nitrogens with zero attached hydrogens (tertiary/aromatic N) is 1. The Morgan fingerprint density at radius 1 is 0.964 bits per heavy atom. The van der Waals surface area contributed by atoms with Crippen LogP contribution < -0.4 is 10.6 Å². The van der Waals surface area contributed by atoms with E-state index >= 15 is 0 Å². The fraction of sp³-hybridized carbons (Fsp3) is 0.0952. The molecule has 3 rings (SSSR count). The van der Waals surface area contributed by atoms with Gasteiger partial charge in [-0.1, -0.05) is 23.7 Å². The minimum Gasteiger partial charge on any atom is -0.465 e. The Morgan fingerprint density at radius 3 is 2.50 bits per heavy atom. The number of methoxy groups -OCH3 is 1. The highest BCUT2D eigenvalue weighted by atomic mass is 35.5. The predicted molar refractivity (Wildman–Crippen MR) is 109 cm³/mol. The van der Waals surface area contributed by atoms with E-state index in [1.807, 2.05) is 25.1 Å². The molecule has 0 saturated heterocycles. The van der Waals surface area contributed by atoms with Gasteiger partial charge in [-0.3, -0.25) is 9.78 Å². The number of pyridine rings is 1. The van der Waals surface area contributed by atoms with Crippen LogP contribution in [0, 0.1) is 6.92 Å². The molecule has 0 atom stereocenters. The number of aromatic nitrogens is 1.